The van der Waals surface area contributed by atoms with Gasteiger partial charge in [-0.05, 0) is 18.6 Å². The van der Waals surface area contributed by atoms with Crippen LogP contribution in [-0.2, 0) is 12.0 Å². The van der Waals surface area contributed by atoms with Crippen LogP contribution in [0.4, 0.5) is 5.69 Å². The summed E-state index contributed by atoms with van der Waals surface area (Å²) < 4.78 is 5.79. The van der Waals surface area contributed by atoms with Crippen LogP contribution in [0.25, 0.3) is 0 Å². The number of hydrogen-bond acceptors (Lipinski definition) is 4. The first kappa shape index (κ1) is 19.8. The van der Waals surface area contributed by atoms with Gasteiger partial charge in [-0.2, -0.15) is 0 Å². The topological polar surface area (TPSA) is 65.7 Å². The normalized spacial score (nSPS) is 12.1. The molecule has 2 aromatic rings. The monoisotopic (exact) mass is 357 g/mol. The summed E-state index contributed by atoms with van der Waals surface area (Å²) >= 11 is 0. The number of hydrogen-bond donors (Lipinski definition) is 2. The Morgan fingerprint density at radius 2 is 1.92 bits per heavy atom. The van der Waals surface area contributed by atoms with Crippen LogP contribution in [0, 0.1) is 0 Å². The molecule has 0 unspecified atom stereocenters. The van der Waals surface area contributed by atoms with Crippen LogP contribution in [0.2, 0.25) is 0 Å². The van der Waals surface area contributed by atoms with Gasteiger partial charge in [0.2, 0.25) is 5.89 Å². The fraction of sp³-hybridized carbons (Fsp3) is 0.500. The van der Waals surface area contributed by atoms with Crippen molar-refractivity contribution in [3.8, 4) is 0 Å². The fourth-order valence-corrected chi connectivity index (χ4v) is 2.45. The van der Waals surface area contributed by atoms with Gasteiger partial charge in [0.15, 0.2) is 5.96 Å². The van der Waals surface area contributed by atoms with E-state index in [-0.39, 0.29) is 5.41 Å². The molecule has 26 heavy (non-hydrogen) atoms. The lowest BCUT2D eigenvalue weighted by molar-refractivity contribution is 0.379. The molecular weight excluding hydrogens is 326 g/mol. The van der Waals surface area contributed by atoms with Crippen LogP contribution in [-0.4, -0.2) is 38.1 Å². The highest BCUT2D eigenvalue weighted by atomic mass is 16.4. The quantitative estimate of drug-likeness (QED) is 0.453. The Balaban J connectivity index is 1.70. The smallest absolute Gasteiger partial charge is 0.213 e. The maximum atomic E-state index is 5.79. The van der Waals surface area contributed by atoms with E-state index in [9.17, 15) is 0 Å². The highest BCUT2D eigenvalue weighted by Gasteiger charge is 2.19. The molecule has 0 aliphatic rings. The number of nitrogens with zero attached hydrogens (tertiary/aromatic N) is 3. The zero-order valence-corrected chi connectivity index (χ0v) is 16.5. The Kier molecular flexibility index (Phi) is 7.06. The van der Waals surface area contributed by atoms with Crippen molar-refractivity contribution >= 4 is 11.6 Å². The number of benzene rings is 1. The molecule has 1 aromatic carbocycles. The average molecular weight is 358 g/mol. The first-order valence-corrected chi connectivity index (χ1v) is 9.06. The van der Waals surface area contributed by atoms with E-state index >= 15 is 0 Å². The van der Waals surface area contributed by atoms with E-state index < -0.39 is 0 Å². The molecular formula is C20H31N5O. The Labute approximate surface area is 156 Å². The number of aromatic nitrogens is 1. The minimum atomic E-state index is -0.0318. The molecule has 0 spiro atoms. The third kappa shape index (κ3) is 6.10. The van der Waals surface area contributed by atoms with Gasteiger partial charge in [-0.25, -0.2) is 4.98 Å². The number of rotatable bonds is 7. The van der Waals surface area contributed by atoms with Gasteiger partial charge in [0.1, 0.15) is 5.76 Å². The summed E-state index contributed by atoms with van der Waals surface area (Å²) in [6, 6.07) is 10.4. The van der Waals surface area contributed by atoms with E-state index in [1.165, 1.54) is 5.69 Å². The second-order valence-electron chi connectivity index (χ2n) is 7.33. The standard InChI is InChI=1S/C20H31N5O/c1-20(2,3)17-14-23-18(26-17)15-24-19(21-4)22-12-9-13-25(5)16-10-7-6-8-11-16/h6-8,10-11,14H,9,12-13,15H2,1-5H3,(H2,21,22,24). The Morgan fingerprint density at radius 1 is 1.19 bits per heavy atom. The van der Waals surface area contributed by atoms with Crippen molar-refractivity contribution in [2.24, 2.45) is 4.99 Å². The van der Waals surface area contributed by atoms with Crippen molar-refractivity contribution in [2.75, 3.05) is 32.1 Å². The number of anilines is 1. The first-order valence-electron chi connectivity index (χ1n) is 9.06. The van der Waals surface area contributed by atoms with Gasteiger partial charge in [-0.1, -0.05) is 39.0 Å². The molecule has 0 saturated heterocycles. The molecule has 1 aromatic heterocycles. The first-order chi connectivity index (χ1) is 12.4. The molecule has 0 aliphatic heterocycles. The Bertz CT molecular complexity index is 688. The summed E-state index contributed by atoms with van der Waals surface area (Å²) in [5, 5.41) is 6.57. The van der Waals surface area contributed by atoms with Crippen LogP contribution >= 0.6 is 0 Å². The molecule has 0 saturated carbocycles. The van der Waals surface area contributed by atoms with Crippen LogP contribution in [0.5, 0.6) is 0 Å². The lowest BCUT2D eigenvalue weighted by atomic mass is 9.94. The van der Waals surface area contributed by atoms with E-state index in [0.29, 0.717) is 12.4 Å². The minimum absolute atomic E-state index is 0.0318. The highest BCUT2D eigenvalue weighted by Crippen LogP contribution is 2.22. The van der Waals surface area contributed by atoms with E-state index in [4.69, 9.17) is 4.42 Å². The van der Waals surface area contributed by atoms with E-state index in [2.05, 4.69) is 77.6 Å². The van der Waals surface area contributed by atoms with E-state index in [1.807, 2.05) is 6.07 Å². The number of guanidine groups is 1. The average Bonchev–Trinajstić information content (AvgIpc) is 3.11. The van der Waals surface area contributed by atoms with Crippen LogP contribution in [0.1, 0.15) is 38.8 Å². The molecule has 1 heterocycles. The van der Waals surface area contributed by atoms with Crippen LogP contribution in [0.3, 0.4) is 0 Å². The lowest BCUT2D eigenvalue weighted by Crippen LogP contribution is -2.38. The largest absolute Gasteiger partial charge is 0.443 e. The highest BCUT2D eigenvalue weighted by molar-refractivity contribution is 5.79. The van der Waals surface area contributed by atoms with Crippen molar-refractivity contribution in [2.45, 2.75) is 39.2 Å². The van der Waals surface area contributed by atoms with Gasteiger partial charge in [0.25, 0.3) is 0 Å². The summed E-state index contributed by atoms with van der Waals surface area (Å²) in [6.07, 6.45) is 2.81. The summed E-state index contributed by atoms with van der Waals surface area (Å²) in [5.74, 6) is 2.31. The van der Waals surface area contributed by atoms with Crippen molar-refractivity contribution in [3.63, 3.8) is 0 Å². The zero-order valence-electron chi connectivity index (χ0n) is 16.5. The second-order valence-corrected chi connectivity index (χ2v) is 7.33. The summed E-state index contributed by atoms with van der Waals surface area (Å²) in [5.41, 5.74) is 1.20. The predicted octanol–water partition coefficient (Wildman–Crippen LogP) is 3.16. The molecule has 0 atom stereocenters. The van der Waals surface area contributed by atoms with Crippen molar-refractivity contribution in [1.29, 1.82) is 0 Å². The van der Waals surface area contributed by atoms with Crippen LogP contribution in [0.15, 0.2) is 45.9 Å². The number of aliphatic imine (C=N–C) groups is 1. The zero-order chi connectivity index (χ0) is 19.0. The van der Waals surface area contributed by atoms with Crippen molar-refractivity contribution < 1.29 is 4.42 Å². The van der Waals surface area contributed by atoms with E-state index in [0.717, 1.165) is 31.2 Å². The minimum Gasteiger partial charge on any atom is -0.443 e. The molecule has 0 amide bonds. The fourth-order valence-electron chi connectivity index (χ4n) is 2.45. The lowest BCUT2D eigenvalue weighted by Gasteiger charge is -2.19. The van der Waals surface area contributed by atoms with Gasteiger partial charge >= 0.3 is 0 Å². The molecule has 2 N–H and O–H groups in total. The van der Waals surface area contributed by atoms with E-state index in [1.54, 1.807) is 13.2 Å². The number of nitrogens with one attached hydrogen (secondary N) is 2. The predicted molar refractivity (Wildman–Crippen MR) is 108 cm³/mol. The Morgan fingerprint density at radius 3 is 2.54 bits per heavy atom. The molecule has 142 valence electrons. The number of para-hydroxylation sites is 1. The molecule has 6 heteroatoms. The summed E-state index contributed by atoms with van der Waals surface area (Å²) in [4.78, 5) is 10.8. The van der Waals surface area contributed by atoms with Crippen molar-refractivity contribution in [3.05, 3.63) is 48.2 Å². The van der Waals surface area contributed by atoms with Gasteiger partial charge in [-0.15, -0.1) is 0 Å². The third-order valence-electron chi connectivity index (χ3n) is 4.08. The molecule has 0 radical (unpaired) electrons. The SMILES string of the molecule is CN=C(NCCCN(C)c1ccccc1)NCc1ncc(C(C)(C)C)o1. The van der Waals surface area contributed by atoms with Gasteiger partial charge < -0.3 is 20.0 Å². The number of oxazole rings is 1. The van der Waals surface area contributed by atoms with Gasteiger partial charge in [-0.3, -0.25) is 4.99 Å². The molecule has 2 rings (SSSR count). The summed E-state index contributed by atoms with van der Waals surface area (Å²) in [6.45, 7) is 8.66. The molecule has 0 fully saturated rings. The second kappa shape index (κ2) is 9.27. The van der Waals surface area contributed by atoms with Gasteiger partial charge in [0.05, 0.1) is 12.7 Å². The van der Waals surface area contributed by atoms with Crippen molar-refractivity contribution in [1.82, 2.24) is 15.6 Å². The molecule has 6 nitrogen and oxygen atoms in total. The third-order valence-corrected chi connectivity index (χ3v) is 4.08. The summed E-state index contributed by atoms with van der Waals surface area (Å²) in [7, 11) is 3.87. The molecule has 0 bridgehead atoms. The van der Waals surface area contributed by atoms with Crippen LogP contribution < -0.4 is 15.5 Å². The maximum Gasteiger partial charge on any atom is 0.213 e. The Hall–Kier alpha value is -2.50. The van der Waals surface area contributed by atoms with Gasteiger partial charge in [0, 0.05) is 38.3 Å². The molecule has 0 aliphatic carbocycles. The maximum absolute atomic E-state index is 5.79.